The molecule has 1 unspecified atom stereocenters. The SMILES string of the molecule is CCN1CCC(CNc2nc(N)nc(-n3cncn3)n2)C1. The molecule has 1 fully saturated rings. The molecule has 1 aliphatic rings. The van der Waals surface area contributed by atoms with Gasteiger partial charge in [-0.3, -0.25) is 0 Å². The molecule has 1 saturated heterocycles. The van der Waals surface area contributed by atoms with Gasteiger partial charge in [0.05, 0.1) is 0 Å². The molecule has 3 rings (SSSR count). The quantitative estimate of drug-likeness (QED) is 0.777. The van der Waals surface area contributed by atoms with Gasteiger partial charge in [-0.2, -0.15) is 24.7 Å². The highest BCUT2D eigenvalue weighted by Crippen LogP contribution is 2.16. The summed E-state index contributed by atoms with van der Waals surface area (Å²) in [5.41, 5.74) is 5.72. The number of aromatic nitrogens is 6. The van der Waals surface area contributed by atoms with Gasteiger partial charge in [0.25, 0.3) is 5.95 Å². The van der Waals surface area contributed by atoms with Crippen LogP contribution in [0.5, 0.6) is 0 Å². The lowest BCUT2D eigenvalue weighted by molar-refractivity contribution is 0.345. The Labute approximate surface area is 122 Å². The summed E-state index contributed by atoms with van der Waals surface area (Å²) in [7, 11) is 0. The van der Waals surface area contributed by atoms with Crippen LogP contribution in [0.3, 0.4) is 0 Å². The van der Waals surface area contributed by atoms with Gasteiger partial charge in [-0.1, -0.05) is 6.92 Å². The van der Waals surface area contributed by atoms with Crippen molar-refractivity contribution in [2.75, 3.05) is 37.2 Å². The van der Waals surface area contributed by atoms with Crippen LogP contribution in [0.2, 0.25) is 0 Å². The van der Waals surface area contributed by atoms with E-state index in [0.29, 0.717) is 17.8 Å². The number of nitrogens with two attached hydrogens (primary N) is 1. The molecule has 21 heavy (non-hydrogen) atoms. The Bertz CT molecular complexity index is 582. The zero-order valence-corrected chi connectivity index (χ0v) is 12.0. The summed E-state index contributed by atoms with van der Waals surface area (Å²) in [6, 6.07) is 0. The number of likely N-dealkylation sites (tertiary alicyclic amines) is 1. The minimum atomic E-state index is 0.166. The summed E-state index contributed by atoms with van der Waals surface area (Å²) in [6.07, 6.45) is 4.14. The van der Waals surface area contributed by atoms with Crippen LogP contribution in [0, 0.1) is 5.92 Å². The van der Waals surface area contributed by atoms with Gasteiger partial charge < -0.3 is 16.0 Å². The van der Waals surface area contributed by atoms with Gasteiger partial charge in [-0.15, -0.1) is 0 Å². The third kappa shape index (κ3) is 3.24. The fraction of sp³-hybridized carbons (Fsp3) is 0.583. The van der Waals surface area contributed by atoms with E-state index in [-0.39, 0.29) is 5.95 Å². The molecule has 0 aliphatic carbocycles. The second-order valence-corrected chi connectivity index (χ2v) is 5.09. The van der Waals surface area contributed by atoms with Crippen LogP contribution in [0.15, 0.2) is 12.7 Å². The Hall–Kier alpha value is -2.29. The van der Waals surface area contributed by atoms with Gasteiger partial charge in [0.15, 0.2) is 0 Å². The van der Waals surface area contributed by atoms with Crippen molar-refractivity contribution in [3.05, 3.63) is 12.7 Å². The largest absolute Gasteiger partial charge is 0.368 e. The standard InChI is InChI=1S/C12H19N9/c1-2-20-4-3-9(6-20)5-15-11-17-10(13)18-12(19-11)21-8-14-7-16-21/h7-9H,2-6H2,1H3,(H3,13,15,17,18,19). The molecule has 112 valence electrons. The maximum Gasteiger partial charge on any atom is 0.258 e. The molecule has 0 radical (unpaired) electrons. The van der Waals surface area contributed by atoms with Crippen LogP contribution in [-0.4, -0.2) is 60.8 Å². The molecule has 9 heteroatoms. The summed E-state index contributed by atoms with van der Waals surface area (Å²) < 4.78 is 1.46. The van der Waals surface area contributed by atoms with Gasteiger partial charge in [0.1, 0.15) is 12.7 Å². The number of nitrogens with one attached hydrogen (secondary N) is 1. The first-order valence-electron chi connectivity index (χ1n) is 7.07. The molecule has 0 spiro atoms. The third-order valence-electron chi connectivity index (χ3n) is 3.63. The molecule has 2 aromatic rings. The number of nitrogens with zero attached hydrogens (tertiary/aromatic N) is 7. The number of nitrogen functional groups attached to an aromatic ring is 1. The number of hydrogen-bond acceptors (Lipinski definition) is 8. The molecule has 3 N–H and O–H groups in total. The normalized spacial score (nSPS) is 19.0. The second-order valence-electron chi connectivity index (χ2n) is 5.09. The first-order chi connectivity index (χ1) is 10.2. The molecular formula is C12H19N9. The van der Waals surface area contributed by atoms with Crippen molar-refractivity contribution in [1.29, 1.82) is 0 Å². The topological polar surface area (TPSA) is 111 Å². The molecule has 3 heterocycles. The van der Waals surface area contributed by atoms with E-state index in [4.69, 9.17) is 5.73 Å². The summed E-state index contributed by atoms with van der Waals surface area (Å²) in [5, 5.41) is 7.23. The highest BCUT2D eigenvalue weighted by Gasteiger charge is 2.21. The van der Waals surface area contributed by atoms with Crippen molar-refractivity contribution in [3.63, 3.8) is 0 Å². The predicted octanol–water partition coefficient (Wildman–Crippen LogP) is -0.212. The van der Waals surface area contributed by atoms with Gasteiger partial charge in [0, 0.05) is 13.1 Å². The molecule has 0 bridgehead atoms. The van der Waals surface area contributed by atoms with E-state index in [9.17, 15) is 0 Å². The lowest BCUT2D eigenvalue weighted by Crippen LogP contribution is -2.23. The highest BCUT2D eigenvalue weighted by molar-refractivity contribution is 5.34. The first-order valence-corrected chi connectivity index (χ1v) is 7.07. The molecule has 0 amide bonds. The van der Waals surface area contributed by atoms with Crippen molar-refractivity contribution >= 4 is 11.9 Å². The van der Waals surface area contributed by atoms with E-state index in [1.54, 1.807) is 0 Å². The monoisotopic (exact) mass is 289 g/mol. The van der Waals surface area contributed by atoms with E-state index >= 15 is 0 Å². The third-order valence-corrected chi connectivity index (χ3v) is 3.63. The Morgan fingerprint density at radius 2 is 2.29 bits per heavy atom. The molecule has 0 aromatic carbocycles. The smallest absolute Gasteiger partial charge is 0.258 e. The average molecular weight is 289 g/mol. The Balaban J connectivity index is 1.66. The molecule has 0 saturated carbocycles. The number of anilines is 2. The maximum absolute atomic E-state index is 5.72. The maximum atomic E-state index is 5.72. The van der Waals surface area contributed by atoms with E-state index in [0.717, 1.165) is 26.2 Å². The Morgan fingerprint density at radius 1 is 1.38 bits per heavy atom. The van der Waals surface area contributed by atoms with Crippen LogP contribution < -0.4 is 11.1 Å². The van der Waals surface area contributed by atoms with Crippen LogP contribution >= 0.6 is 0 Å². The van der Waals surface area contributed by atoms with Gasteiger partial charge in [-0.25, -0.2) is 4.98 Å². The van der Waals surface area contributed by atoms with Gasteiger partial charge >= 0.3 is 0 Å². The van der Waals surface area contributed by atoms with Crippen molar-refractivity contribution in [2.24, 2.45) is 5.92 Å². The van der Waals surface area contributed by atoms with Crippen LogP contribution in [0.1, 0.15) is 13.3 Å². The Morgan fingerprint density at radius 3 is 3.00 bits per heavy atom. The first kappa shape index (κ1) is 13.7. The average Bonchev–Trinajstić information content (AvgIpc) is 3.16. The zero-order chi connectivity index (χ0) is 14.7. The summed E-state index contributed by atoms with van der Waals surface area (Å²) in [5.74, 6) is 1.62. The zero-order valence-electron chi connectivity index (χ0n) is 12.0. The molecule has 1 atom stereocenters. The van der Waals surface area contributed by atoms with E-state index < -0.39 is 0 Å². The van der Waals surface area contributed by atoms with Crippen LogP contribution in [-0.2, 0) is 0 Å². The molecule has 2 aromatic heterocycles. The van der Waals surface area contributed by atoms with E-state index in [2.05, 4.69) is 42.2 Å². The van der Waals surface area contributed by atoms with Crippen LogP contribution in [0.25, 0.3) is 5.95 Å². The molecule has 9 nitrogen and oxygen atoms in total. The highest BCUT2D eigenvalue weighted by atomic mass is 15.4. The van der Waals surface area contributed by atoms with Crippen molar-refractivity contribution < 1.29 is 0 Å². The van der Waals surface area contributed by atoms with Gasteiger partial charge in [0.2, 0.25) is 11.9 Å². The van der Waals surface area contributed by atoms with Crippen molar-refractivity contribution in [3.8, 4) is 5.95 Å². The number of rotatable bonds is 5. The second kappa shape index (κ2) is 6.00. The lowest BCUT2D eigenvalue weighted by Gasteiger charge is -2.14. The number of hydrogen-bond donors (Lipinski definition) is 2. The van der Waals surface area contributed by atoms with E-state index in [1.807, 2.05) is 0 Å². The summed E-state index contributed by atoms with van der Waals surface area (Å²) in [4.78, 5) is 18.8. The van der Waals surface area contributed by atoms with E-state index in [1.165, 1.54) is 23.8 Å². The predicted molar refractivity (Wildman–Crippen MR) is 77.9 cm³/mol. The van der Waals surface area contributed by atoms with Crippen molar-refractivity contribution in [2.45, 2.75) is 13.3 Å². The summed E-state index contributed by atoms with van der Waals surface area (Å²) >= 11 is 0. The fourth-order valence-corrected chi connectivity index (χ4v) is 2.48. The fourth-order valence-electron chi connectivity index (χ4n) is 2.48. The van der Waals surface area contributed by atoms with Crippen molar-refractivity contribution in [1.82, 2.24) is 34.6 Å². The lowest BCUT2D eigenvalue weighted by atomic mass is 10.1. The Kier molecular flexibility index (Phi) is 3.91. The van der Waals surface area contributed by atoms with Crippen LogP contribution in [0.4, 0.5) is 11.9 Å². The minimum Gasteiger partial charge on any atom is -0.368 e. The molecular weight excluding hydrogens is 270 g/mol. The molecule has 1 aliphatic heterocycles. The minimum absolute atomic E-state index is 0.166. The van der Waals surface area contributed by atoms with Gasteiger partial charge in [-0.05, 0) is 25.4 Å². The summed E-state index contributed by atoms with van der Waals surface area (Å²) in [6.45, 7) is 6.39.